The Balaban J connectivity index is 1.87. The van der Waals surface area contributed by atoms with Gasteiger partial charge in [0.15, 0.2) is 0 Å². The van der Waals surface area contributed by atoms with Gasteiger partial charge in [-0.1, -0.05) is 35.9 Å². The largest absolute Gasteiger partial charge is 0.465 e. The molecule has 0 saturated carbocycles. The number of halogens is 1. The molecule has 0 heterocycles. The number of hydrogen-bond donors (Lipinski definition) is 1. The fourth-order valence-electron chi connectivity index (χ4n) is 2.80. The van der Waals surface area contributed by atoms with Gasteiger partial charge in [-0.2, -0.15) is 0 Å². The molecule has 31 heavy (non-hydrogen) atoms. The quantitative estimate of drug-likeness (QED) is 0.541. The van der Waals surface area contributed by atoms with E-state index < -0.39 is 28.4 Å². The molecule has 3 rings (SSSR count). The van der Waals surface area contributed by atoms with Crippen LogP contribution in [-0.2, 0) is 19.6 Å². The number of nitrogens with one attached hydrogen (secondary N) is 1. The molecule has 0 fully saturated rings. The van der Waals surface area contributed by atoms with Crippen LogP contribution in [0.1, 0.15) is 10.4 Å². The van der Waals surface area contributed by atoms with Crippen LogP contribution in [0.4, 0.5) is 11.4 Å². The second kappa shape index (κ2) is 9.63. The van der Waals surface area contributed by atoms with Crippen molar-refractivity contribution in [3.05, 3.63) is 89.4 Å². The third-order valence-electron chi connectivity index (χ3n) is 4.30. The average Bonchev–Trinajstić information content (AvgIpc) is 2.78. The maximum atomic E-state index is 13.2. The zero-order valence-electron chi connectivity index (χ0n) is 16.5. The predicted octanol–water partition coefficient (Wildman–Crippen LogP) is 3.96. The van der Waals surface area contributed by atoms with Gasteiger partial charge >= 0.3 is 5.97 Å². The number of amides is 1. The lowest BCUT2D eigenvalue weighted by atomic mass is 10.2. The minimum atomic E-state index is -4.03. The first-order chi connectivity index (χ1) is 14.8. The number of carbonyl (C=O) groups is 2. The summed E-state index contributed by atoms with van der Waals surface area (Å²) in [7, 11) is -2.75. The van der Waals surface area contributed by atoms with E-state index in [0.29, 0.717) is 16.3 Å². The van der Waals surface area contributed by atoms with Crippen molar-refractivity contribution in [3.63, 3.8) is 0 Å². The molecule has 0 atom stereocenters. The van der Waals surface area contributed by atoms with E-state index in [9.17, 15) is 18.0 Å². The molecule has 0 radical (unpaired) electrons. The lowest BCUT2D eigenvalue weighted by Gasteiger charge is -2.24. The number of esters is 1. The van der Waals surface area contributed by atoms with E-state index in [4.69, 9.17) is 11.6 Å². The van der Waals surface area contributed by atoms with Crippen molar-refractivity contribution in [1.82, 2.24) is 0 Å². The number of benzene rings is 3. The van der Waals surface area contributed by atoms with Gasteiger partial charge in [0, 0.05) is 10.7 Å². The number of ether oxygens (including phenoxy) is 1. The molecule has 9 heteroatoms. The molecule has 0 aliphatic carbocycles. The second-order valence-corrected chi connectivity index (χ2v) is 8.72. The SMILES string of the molecule is COC(=O)c1ccc(NC(=O)CN(c2cccc(Cl)c2)S(=O)(=O)c2ccccc2)cc1. The molecule has 160 valence electrons. The number of rotatable bonds is 7. The Morgan fingerprint density at radius 1 is 0.968 bits per heavy atom. The highest BCUT2D eigenvalue weighted by atomic mass is 35.5. The van der Waals surface area contributed by atoms with Crippen molar-refractivity contribution in [1.29, 1.82) is 0 Å². The van der Waals surface area contributed by atoms with Crippen LogP contribution in [0.25, 0.3) is 0 Å². The van der Waals surface area contributed by atoms with Crippen molar-refractivity contribution in [2.24, 2.45) is 0 Å². The molecule has 7 nitrogen and oxygen atoms in total. The second-order valence-electron chi connectivity index (χ2n) is 6.42. The normalized spacial score (nSPS) is 10.9. The van der Waals surface area contributed by atoms with E-state index in [0.717, 1.165) is 4.31 Å². The molecular formula is C22H19ClN2O5S. The highest BCUT2D eigenvalue weighted by Gasteiger charge is 2.27. The van der Waals surface area contributed by atoms with E-state index in [1.165, 1.54) is 49.6 Å². The third-order valence-corrected chi connectivity index (χ3v) is 6.33. The first-order valence-electron chi connectivity index (χ1n) is 9.13. The number of anilines is 2. The van der Waals surface area contributed by atoms with Crippen LogP contribution in [0.2, 0.25) is 5.02 Å². The van der Waals surface area contributed by atoms with E-state index in [1.807, 2.05) is 0 Å². The van der Waals surface area contributed by atoms with Crippen molar-refractivity contribution in [2.45, 2.75) is 4.90 Å². The molecule has 1 amide bonds. The number of hydrogen-bond acceptors (Lipinski definition) is 5. The summed E-state index contributed by atoms with van der Waals surface area (Å²) in [6.07, 6.45) is 0. The van der Waals surface area contributed by atoms with Gasteiger partial charge in [-0.15, -0.1) is 0 Å². The highest BCUT2D eigenvalue weighted by Crippen LogP contribution is 2.26. The van der Waals surface area contributed by atoms with Crippen LogP contribution >= 0.6 is 11.6 Å². The van der Waals surface area contributed by atoms with E-state index in [2.05, 4.69) is 10.1 Å². The standard InChI is InChI=1S/C22H19ClN2O5S/c1-30-22(27)16-10-12-18(13-11-16)24-21(26)15-25(19-7-5-6-17(23)14-19)31(28,29)20-8-3-2-4-9-20/h2-14H,15H2,1H3,(H,24,26). The Hall–Kier alpha value is -3.36. The molecule has 1 N–H and O–H groups in total. The van der Waals surface area contributed by atoms with Crippen LogP contribution in [0.15, 0.2) is 83.8 Å². The van der Waals surface area contributed by atoms with E-state index in [1.54, 1.807) is 36.4 Å². The van der Waals surface area contributed by atoms with Gasteiger partial charge in [-0.25, -0.2) is 13.2 Å². The van der Waals surface area contributed by atoms with Gasteiger partial charge in [0.05, 0.1) is 23.3 Å². The first-order valence-corrected chi connectivity index (χ1v) is 10.9. The lowest BCUT2D eigenvalue weighted by molar-refractivity contribution is -0.114. The van der Waals surface area contributed by atoms with E-state index >= 15 is 0 Å². The van der Waals surface area contributed by atoms with Gasteiger partial charge in [0.2, 0.25) is 5.91 Å². The Labute approximate surface area is 185 Å². The smallest absolute Gasteiger partial charge is 0.337 e. The van der Waals surface area contributed by atoms with Crippen LogP contribution in [-0.4, -0.2) is 33.9 Å². The summed E-state index contributed by atoms with van der Waals surface area (Å²) in [5.41, 5.74) is 0.987. The summed E-state index contributed by atoms with van der Waals surface area (Å²) < 4.78 is 32.1. The molecule has 0 bridgehead atoms. The molecule has 0 saturated heterocycles. The predicted molar refractivity (Wildman–Crippen MR) is 119 cm³/mol. The Morgan fingerprint density at radius 3 is 2.26 bits per heavy atom. The Bertz CT molecular complexity index is 1180. The van der Waals surface area contributed by atoms with E-state index in [-0.39, 0.29) is 10.6 Å². The van der Waals surface area contributed by atoms with Crippen molar-refractivity contribution >= 4 is 44.9 Å². The fraction of sp³-hybridized carbons (Fsp3) is 0.0909. The van der Waals surface area contributed by atoms with Gasteiger partial charge in [0.1, 0.15) is 6.54 Å². The average molecular weight is 459 g/mol. The third kappa shape index (κ3) is 5.42. The molecule has 0 aliphatic rings. The number of methoxy groups -OCH3 is 1. The summed E-state index contributed by atoms with van der Waals surface area (Å²) >= 11 is 6.04. The van der Waals surface area contributed by atoms with Crippen LogP contribution in [0.3, 0.4) is 0 Å². The molecule has 3 aromatic rings. The summed E-state index contributed by atoms with van der Waals surface area (Å²) in [5, 5.41) is 2.97. The van der Waals surface area contributed by atoms with Crippen molar-refractivity contribution < 1.29 is 22.7 Å². The Morgan fingerprint density at radius 2 is 1.65 bits per heavy atom. The molecule has 0 aliphatic heterocycles. The van der Waals surface area contributed by atoms with Gasteiger partial charge in [-0.05, 0) is 54.6 Å². The fourth-order valence-corrected chi connectivity index (χ4v) is 4.42. The zero-order valence-corrected chi connectivity index (χ0v) is 18.1. The number of nitrogens with zero attached hydrogens (tertiary/aromatic N) is 1. The lowest BCUT2D eigenvalue weighted by Crippen LogP contribution is -2.38. The Kier molecular flexibility index (Phi) is 6.94. The van der Waals surface area contributed by atoms with Crippen LogP contribution in [0, 0.1) is 0 Å². The minimum Gasteiger partial charge on any atom is -0.465 e. The zero-order chi connectivity index (χ0) is 22.4. The van der Waals surface area contributed by atoms with Gasteiger partial charge < -0.3 is 10.1 Å². The minimum absolute atomic E-state index is 0.0465. The molecule has 0 unspecified atom stereocenters. The van der Waals surface area contributed by atoms with Gasteiger partial charge in [0.25, 0.3) is 10.0 Å². The number of carbonyl (C=O) groups excluding carboxylic acids is 2. The highest BCUT2D eigenvalue weighted by molar-refractivity contribution is 7.92. The summed E-state index contributed by atoms with van der Waals surface area (Å²) in [6.45, 7) is -0.476. The summed E-state index contributed by atoms with van der Waals surface area (Å²) in [5.74, 6) is -1.07. The molecule has 0 aromatic heterocycles. The number of sulfonamides is 1. The van der Waals surface area contributed by atoms with Crippen LogP contribution < -0.4 is 9.62 Å². The monoisotopic (exact) mass is 458 g/mol. The summed E-state index contributed by atoms with van der Waals surface area (Å²) in [4.78, 5) is 24.3. The maximum Gasteiger partial charge on any atom is 0.337 e. The van der Waals surface area contributed by atoms with Crippen molar-refractivity contribution in [3.8, 4) is 0 Å². The maximum absolute atomic E-state index is 13.2. The van der Waals surface area contributed by atoms with Gasteiger partial charge in [-0.3, -0.25) is 9.10 Å². The first kappa shape index (κ1) is 22.3. The molecule has 3 aromatic carbocycles. The molecular weight excluding hydrogens is 440 g/mol. The molecule has 0 spiro atoms. The topological polar surface area (TPSA) is 92.8 Å². The van der Waals surface area contributed by atoms with Crippen molar-refractivity contribution in [2.75, 3.05) is 23.3 Å². The van der Waals surface area contributed by atoms with Crippen LogP contribution in [0.5, 0.6) is 0 Å². The summed E-state index contributed by atoms with van der Waals surface area (Å²) in [6, 6.07) is 20.1.